The van der Waals surface area contributed by atoms with Gasteiger partial charge in [0.25, 0.3) is 0 Å². The summed E-state index contributed by atoms with van der Waals surface area (Å²) in [6.07, 6.45) is 0.711. The van der Waals surface area contributed by atoms with Gasteiger partial charge in [0.1, 0.15) is 5.54 Å². The van der Waals surface area contributed by atoms with Gasteiger partial charge in [-0.3, -0.25) is 0 Å². The van der Waals surface area contributed by atoms with Gasteiger partial charge in [0, 0.05) is 7.11 Å². The van der Waals surface area contributed by atoms with Crippen LogP contribution in [0.5, 0.6) is 0 Å². The number of ether oxygens (including phenoxy) is 2. The Balaban J connectivity index is 2.60. The summed E-state index contributed by atoms with van der Waals surface area (Å²) in [6, 6.07) is 0. The Hall–Kier alpha value is -0.980. The van der Waals surface area contributed by atoms with Gasteiger partial charge in [0.2, 0.25) is 5.89 Å². The molecule has 1 unspecified atom stereocenters. The molecule has 1 rings (SSSR count). The highest BCUT2D eigenvalue weighted by atomic mass is 16.5. The number of hydrogen-bond donors (Lipinski definition) is 1. The molecule has 1 atom stereocenters. The summed E-state index contributed by atoms with van der Waals surface area (Å²) in [5, 5.41) is 3.87. The van der Waals surface area contributed by atoms with Crippen molar-refractivity contribution < 1.29 is 14.0 Å². The first-order valence-electron chi connectivity index (χ1n) is 5.68. The molecule has 0 aliphatic heterocycles. The van der Waals surface area contributed by atoms with Crippen molar-refractivity contribution >= 4 is 0 Å². The average molecular weight is 243 g/mol. The Kier molecular flexibility index (Phi) is 5.04. The first-order chi connectivity index (χ1) is 7.95. The van der Waals surface area contributed by atoms with Crippen LogP contribution in [0.25, 0.3) is 0 Å². The minimum absolute atomic E-state index is 0.123. The van der Waals surface area contributed by atoms with Crippen LogP contribution < -0.4 is 5.73 Å². The highest BCUT2D eigenvalue weighted by molar-refractivity contribution is 5.01. The summed E-state index contributed by atoms with van der Waals surface area (Å²) in [7, 11) is 1.63. The van der Waals surface area contributed by atoms with Gasteiger partial charge in [-0.15, -0.1) is 0 Å². The molecule has 98 valence electrons. The van der Waals surface area contributed by atoms with Crippen molar-refractivity contribution in [2.45, 2.75) is 38.8 Å². The Morgan fingerprint density at radius 2 is 2.18 bits per heavy atom. The van der Waals surface area contributed by atoms with E-state index in [4.69, 9.17) is 19.7 Å². The third-order valence-corrected chi connectivity index (χ3v) is 2.22. The first kappa shape index (κ1) is 14.1. The van der Waals surface area contributed by atoms with Crippen LogP contribution in [-0.2, 0) is 21.4 Å². The molecular formula is C11H21N3O3. The molecule has 0 aliphatic carbocycles. The SMILES string of the molecule is COCCc1nc(C(C)(N)COC(C)C)no1. The third kappa shape index (κ3) is 4.41. The van der Waals surface area contributed by atoms with E-state index in [0.29, 0.717) is 31.3 Å². The monoisotopic (exact) mass is 243 g/mol. The van der Waals surface area contributed by atoms with Gasteiger partial charge < -0.3 is 19.7 Å². The van der Waals surface area contributed by atoms with Crippen molar-refractivity contribution in [2.24, 2.45) is 5.73 Å². The van der Waals surface area contributed by atoms with Crippen LogP contribution in [-0.4, -0.2) is 36.6 Å². The fraction of sp³-hybridized carbons (Fsp3) is 0.818. The van der Waals surface area contributed by atoms with Gasteiger partial charge >= 0.3 is 0 Å². The predicted molar refractivity (Wildman–Crippen MR) is 62.5 cm³/mol. The van der Waals surface area contributed by atoms with E-state index in [9.17, 15) is 0 Å². The van der Waals surface area contributed by atoms with E-state index in [-0.39, 0.29) is 6.10 Å². The van der Waals surface area contributed by atoms with Crippen LogP contribution in [0.3, 0.4) is 0 Å². The van der Waals surface area contributed by atoms with Crippen LogP contribution in [0.15, 0.2) is 4.52 Å². The van der Waals surface area contributed by atoms with E-state index in [1.165, 1.54) is 0 Å². The van der Waals surface area contributed by atoms with Gasteiger partial charge in [0.15, 0.2) is 5.82 Å². The summed E-state index contributed by atoms with van der Waals surface area (Å²) in [5.41, 5.74) is 5.35. The maximum Gasteiger partial charge on any atom is 0.229 e. The fourth-order valence-electron chi connectivity index (χ4n) is 1.18. The summed E-state index contributed by atoms with van der Waals surface area (Å²) < 4.78 is 15.5. The molecule has 0 spiro atoms. The minimum Gasteiger partial charge on any atom is -0.384 e. The van der Waals surface area contributed by atoms with E-state index in [1.807, 2.05) is 20.8 Å². The Morgan fingerprint density at radius 1 is 1.47 bits per heavy atom. The largest absolute Gasteiger partial charge is 0.384 e. The molecule has 0 radical (unpaired) electrons. The molecular weight excluding hydrogens is 222 g/mol. The molecule has 0 saturated carbocycles. The zero-order valence-corrected chi connectivity index (χ0v) is 10.9. The van der Waals surface area contributed by atoms with Gasteiger partial charge in [-0.05, 0) is 20.8 Å². The van der Waals surface area contributed by atoms with Gasteiger partial charge in [0.05, 0.1) is 25.7 Å². The first-order valence-corrected chi connectivity index (χ1v) is 5.68. The molecule has 17 heavy (non-hydrogen) atoms. The molecule has 0 fully saturated rings. The molecule has 1 heterocycles. The topological polar surface area (TPSA) is 83.4 Å². The van der Waals surface area contributed by atoms with Crippen LogP contribution in [0.1, 0.15) is 32.5 Å². The Bertz CT molecular complexity index is 336. The van der Waals surface area contributed by atoms with Crippen LogP contribution in [0.2, 0.25) is 0 Å². The second kappa shape index (κ2) is 6.09. The molecule has 0 saturated heterocycles. The van der Waals surface area contributed by atoms with Crippen molar-refractivity contribution in [1.29, 1.82) is 0 Å². The van der Waals surface area contributed by atoms with E-state index in [2.05, 4.69) is 10.1 Å². The van der Waals surface area contributed by atoms with Crippen molar-refractivity contribution in [3.8, 4) is 0 Å². The summed E-state index contributed by atoms with van der Waals surface area (Å²) >= 11 is 0. The van der Waals surface area contributed by atoms with E-state index in [1.54, 1.807) is 7.11 Å². The van der Waals surface area contributed by atoms with Crippen LogP contribution in [0, 0.1) is 0 Å². The molecule has 2 N–H and O–H groups in total. The number of nitrogens with two attached hydrogens (primary N) is 1. The number of hydrogen-bond acceptors (Lipinski definition) is 6. The highest BCUT2D eigenvalue weighted by Gasteiger charge is 2.28. The normalized spacial score (nSPS) is 15.2. The molecule has 6 heteroatoms. The lowest BCUT2D eigenvalue weighted by Gasteiger charge is -2.21. The smallest absolute Gasteiger partial charge is 0.229 e. The number of methoxy groups -OCH3 is 1. The number of nitrogens with zero attached hydrogens (tertiary/aromatic N) is 2. The summed E-state index contributed by atoms with van der Waals surface area (Å²) in [4.78, 5) is 4.23. The van der Waals surface area contributed by atoms with Crippen molar-refractivity contribution in [1.82, 2.24) is 10.1 Å². The van der Waals surface area contributed by atoms with Gasteiger partial charge in [-0.25, -0.2) is 0 Å². The van der Waals surface area contributed by atoms with Crippen molar-refractivity contribution in [3.05, 3.63) is 11.7 Å². The van der Waals surface area contributed by atoms with E-state index >= 15 is 0 Å². The van der Waals surface area contributed by atoms with Crippen LogP contribution in [0.4, 0.5) is 0 Å². The third-order valence-electron chi connectivity index (χ3n) is 2.22. The molecule has 0 aromatic carbocycles. The lowest BCUT2D eigenvalue weighted by atomic mass is 10.1. The lowest BCUT2D eigenvalue weighted by Crippen LogP contribution is -2.40. The standard InChI is InChI=1S/C11H21N3O3/c1-8(2)16-7-11(3,12)10-13-9(17-14-10)5-6-15-4/h8H,5-7,12H2,1-4H3. The zero-order chi connectivity index (χ0) is 12.9. The minimum atomic E-state index is -0.737. The second-order valence-electron chi connectivity index (χ2n) is 4.53. The maximum atomic E-state index is 6.09. The zero-order valence-electron chi connectivity index (χ0n) is 10.9. The summed E-state index contributed by atoms with van der Waals surface area (Å²) in [5.74, 6) is 0.993. The quantitative estimate of drug-likeness (QED) is 0.764. The molecule has 1 aromatic heterocycles. The number of aromatic nitrogens is 2. The average Bonchev–Trinajstić information content (AvgIpc) is 2.73. The molecule has 0 amide bonds. The van der Waals surface area contributed by atoms with Crippen molar-refractivity contribution in [2.75, 3.05) is 20.3 Å². The number of rotatable bonds is 7. The molecule has 6 nitrogen and oxygen atoms in total. The van der Waals surface area contributed by atoms with Gasteiger partial charge in [-0.1, -0.05) is 5.16 Å². The maximum absolute atomic E-state index is 6.09. The van der Waals surface area contributed by atoms with Gasteiger partial charge in [-0.2, -0.15) is 4.98 Å². The summed E-state index contributed by atoms with van der Waals surface area (Å²) in [6.45, 7) is 6.63. The fourth-order valence-corrected chi connectivity index (χ4v) is 1.18. The lowest BCUT2D eigenvalue weighted by molar-refractivity contribution is 0.0410. The van der Waals surface area contributed by atoms with E-state index in [0.717, 1.165) is 0 Å². The second-order valence-corrected chi connectivity index (χ2v) is 4.53. The highest BCUT2D eigenvalue weighted by Crippen LogP contribution is 2.15. The molecule has 0 aliphatic rings. The predicted octanol–water partition coefficient (Wildman–Crippen LogP) is 0.857. The molecule has 1 aromatic rings. The van der Waals surface area contributed by atoms with Crippen molar-refractivity contribution in [3.63, 3.8) is 0 Å². The van der Waals surface area contributed by atoms with Crippen LogP contribution >= 0.6 is 0 Å². The molecule has 0 bridgehead atoms. The Labute approximate surface area is 101 Å². The Morgan fingerprint density at radius 3 is 2.76 bits per heavy atom. The van der Waals surface area contributed by atoms with E-state index < -0.39 is 5.54 Å².